The van der Waals surface area contributed by atoms with E-state index in [1.165, 1.54) is 7.11 Å². The molecule has 0 unspecified atom stereocenters. The van der Waals surface area contributed by atoms with Crippen molar-refractivity contribution in [2.75, 3.05) is 12.4 Å². The molecule has 6 nitrogen and oxygen atoms in total. The maximum atomic E-state index is 12.3. The molecule has 0 atom stereocenters. The van der Waals surface area contributed by atoms with Gasteiger partial charge in [0, 0.05) is 22.0 Å². The van der Waals surface area contributed by atoms with Crippen molar-refractivity contribution < 1.29 is 14.3 Å². The minimum absolute atomic E-state index is 0.241. The molecule has 0 fully saturated rings. The van der Waals surface area contributed by atoms with Gasteiger partial charge in [0.25, 0.3) is 5.91 Å². The molecule has 3 rings (SSSR count). The summed E-state index contributed by atoms with van der Waals surface area (Å²) in [6.07, 6.45) is 3.25. The van der Waals surface area contributed by atoms with E-state index in [1.807, 2.05) is 6.07 Å². The Kier molecular flexibility index (Phi) is 3.97. The molecule has 3 aromatic rings. The van der Waals surface area contributed by atoms with E-state index in [2.05, 4.69) is 20.3 Å². The number of amides is 1. The number of nitrogens with one attached hydrogen (secondary N) is 1. The Bertz CT molecular complexity index is 876. The Morgan fingerprint density at radius 1 is 0.913 bits per heavy atom. The number of ether oxygens (including phenoxy) is 1. The van der Waals surface area contributed by atoms with Crippen LogP contribution in [0.5, 0.6) is 0 Å². The van der Waals surface area contributed by atoms with Crippen LogP contribution in [0, 0.1) is 0 Å². The highest BCUT2D eigenvalue weighted by molar-refractivity contribution is 6.06. The van der Waals surface area contributed by atoms with Crippen molar-refractivity contribution >= 4 is 28.3 Å². The van der Waals surface area contributed by atoms with Crippen LogP contribution in [0.1, 0.15) is 20.7 Å². The van der Waals surface area contributed by atoms with E-state index in [9.17, 15) is 9.59 Å². The summed E-state index contributed by atoms with van der Waals surface area (Å²) < 4.78 is 4.63. The summed E-state index contributed by atoms with van der Waals surface area (Å²) in [5.74, 6) is -0.659. The molecule has 6 heteroatoms. The summed E-state index contributed by atoms with van der Waals surface area (Å²) in [6.45, 7) is 0. The van der Waals surface area contributed by atoms with Gasteiger partial charge in [-0.1, -0.05) is 6.07 Å². The largest absolute Gasteiger partial charge is 0.465 e. The third-order valence-corrected chi connectivity index (χ3v) is 3.37. The van der Waals surface area contributed by atoms with Crippen molar-refractivity contribution in [1.29, 1.82) is 0 Å². The molecule has 0 aliphatic carbocycles. The van der Waals surface area contributed by atoms with Gasteiger partial charge in [-0.3, -0.25) is 4.79 Å². The number of carbonyl (C=O) groups is 2. The molecule has 1 aromatic heterocycles. The number of anilines is 1. The van der Waals surface area contributed by atoms with Crippen molar-refractivity contribution in [3.05, 3.63) is 66.0 Å². The third-order valence-electron chi connectivity index (χ3n) is 3.37. The quantitative estimate of drug-likeness (QED) is 0.752. The van der Waals surface area contributed by atoms with E-state index in [1.54, 1.807) is 48.8 Å². The summed E-state index contributed by atoms with van der Waals surface area (Å²) in [5, 5.41) is 12.1. The van der Waals surface area contributed by atoms with Crippen molar-refractivity contribution in [1.82, 2.24) is 10.2 Å². The average molecular weight is 307 g/mol. The number of esters is 1. The Labute approximate surface area is 132 Å². The molecule has 1 N–H and O–H groups in total. The van der Waals surface area contributed by atoms with Gasteiger partial charge in [-0.2, -0.15) is 10.2 Å². The van der Waals surface area contributed by atoms with Crippen LogP contribution in [-0.2, 0) is 4.74 Å². The second-order valence-electron chi connectivity index (χ2n) is 4.86. The number of rotatable bonds is 3. The maximum absolute atomic E-state index is 12.3. The highest BCUT2D eigenvalue weighted by atomic mass is 16.5. The lowest BCUT2D eigenvalue weighted by atomic mass is 10.1. The van der Waals surface area contributed by atoms with Gasteiger partial charge in [-0.25, -0.2) is 4.79 Å². The normalized spacial score (nSPS) is 10.3. The smallest absolute Gasteiger partial charge is 0.337 e. The van der Waals surface area contributed by atoms with Gasteiger partial charge in [-0.15, -0.1) is 0 Å². The molecule has 0 spiro atoms. The Hall–Kier alpha value is -3.28. The molecule has 0 aliphatic rings. The zero-order chi connectivity index (χ0) is 16.2. The zero-order valence-electron chi connectivity index (χ0n) is 12.3. The van der Waals surface area contributed by atoms with E-state index in [0.29, 0.717) is 16.8 Å². The van der Waals surface area contributed by atoms with Crippen LogP contribution < -0.4 is 5.32 Å². The summed E-state index contributed by atoms with van der Waals surface area (Å²) >= 11 is 0. The minimum atomic E-state index is -0.418. The minimum Gasteiger partial charge on any atom is -0.465 e. The third kappa shape index (κ3) is 3.16. The van der Waals surface area contributed by atoms with Crippen molar-refractivity contribution in [2.24, 2.45) is 0 Å². The van der Waals surface area contributed by atoms with Gasteiger partial charge in [0.15, 0.2) is 0 Å². The first-order chi connectivity index (χ1) is 11.2. The summed E-state index contributed by atoms with van der Waals surface area (Å²) in [7, 11) is 1.32. The lowest BCUT2D eigenvalue weighted by Crippen LogP contribution is -2.12. The van der Waals surface area contributed by atoms with Crippen molar-refractivity contribution in [3.8, 4) is 0 Å². The average Bonchev–Trinajstić information content (AvgIpc) is 2.61. The highest BCUT2D eigenvalue weighted by Gasteiger charge is 2.09. The Morgan fingerprint density at radius 2 is 1.57 bits per heavy atom. The number of aromatic nitrogens is 2. The van der Waals surface area contributed by atoms with Crippen LogP contribution in [0.25, 0.3) is 10.8 Å². The van der Waals surface area contributed by atoms with Gasteiger partial charge in [-0.05, 0) is 36.4 Å². The fourth-order valence-electron chi connectivity index (χ4n) is 2.15. The monoisotopic (exact) mass is 307 g/mol. The molecule has 0 saturated heterocycles. The van der Waals surface area contributed by atoms with Crippen LogP contribution in [0.3, 0.4) is 0 Å². The fourth-order valence-corrected chi connectivity index (χ4v) is 2.15. The van der Waals surface area contributed by atoms with Crippen molar-refractivity contribution in [2.45, 2.75) is 0 Å². The number of benzene rings is 2. The second-order valence-corrected chi connectivity index (χ2v) is 4.86. The molecular weight excluding hydrogens is 294 g/mol. The van der Waals surface area contributed by atoms with Crippen LogP contribution in [0.2, 0.25) is 0 Å². The standard InChI is InChI=1S/C17H13N3O3/c1-23-17(22)11-4-6-15(7-5-11)20-16(21)12-2-3-13-9-18-19-10-14(13)8-12/h2-10H,1H3,(H,20,21). The van der Waals surface area contributed by atoms with Crippen molar-refractivity contribution in [3.63, 3.8) is 0 Å². The van der Waals surface area contributed by atoms with Crippen LogP contribution in [0.15, 0.2) is 54.9 Å². The first-order valence-electron chi connectivity index (χ1n) is 6.87. The maximum Gasteiger partial charge on any atom is 0.337 e. The predicted octanol–water partition coefficient (Wildman–Crippen LogP) is 2.67. The molecule has 0 radical (unpaired) electrons. The molecule has 1 heterocycles. The number of methoxy groups -OCH3 is 1. The summed E-state index contributed by atoms with van der Waals surface area (Å²) in [4.78, 5) is 23.7. The van der Waals surface area contributed by atoms with E-state index >= 15 is 0 Å². The predicted molar refractivity (Wildman–Crippen MR) is 85.3 cm³/mol. The molecule has 0 bridgehead atoms. The topological polar surface area (TPSA) is 81.2 Å². The molecule has 23 heavy (non-hydrogen) atoms. The second kappa shape index (κ2) is 6.23. The number of hydrogen-bond acceptors (Lipinski definition) is 5. The van der Waals surface area contributed by atoms with Gasteiger partial charge in [0.1, 0.15) is 0 Å². The first kappa shape index (κ1) is 14.6. The summed E-state index contributed by atoms with van der Waals surface area (Å²) in [5.41, 5.74) is 1.54. The first-order valence-corrected chi connectivity index (χ1v) is 6.87. The Morgan fingerprint density at radius 3 is 2.26 bits per heavy atom. The molecule has 0 aliphatic heterocycles. The SMILES string of the molecule is COC(=O)c1ccc(NC(=O)c2ccc3cnncc3c2)cc1. The molecular formula is C17H13N3O3. The van der Waals surface area contributed by atoms with Gasteiger partial charge < -0.3 is 10.1 Å². The van der Waals surface area contributed by atoms with Gasteiger partial charge in [0.2, 0.25) is 0 Å². The Balaban J connectivity index is 1.78. The number of carbonyl (C=O) groups excluding carboxylic acids is 2. The van der Waals surface area contributed by atoms with E-state index < -0.39 is 5.97 Å². The van der Waals surface area contributed by atoms with E-state index in [-0.39, 0.29) is 5.91 Å². The number of nitrogens with zero attached hydrogens (tertiary/aromatic N) is 2. The molecule has 114 valence electrons. The highest BCUT2D eigenvalue weighted by Crippen LogP contribution is 2.16. The van der Waals surface area contributed by atoms with Crippen LogP contribution in [0.4, 0.5) is 5.69 Å². The molecule has 2 aromatic carbocycles. The zero-order valence-corrected chi connectivity index (χ0v) is 12.3. The van der Waals surface area contributed by atoms with E-state index in [0.717, 1.165) is 10.8 Å². The number of hydrogen-bond donors (Lipinski definition) is 1. The lowest BCUT2D eigenvalue weighted by molar-refractivity contribution is 0.0600. The van der Waals surface area contributed by atoms with Gasteiger partial charge in [0.05, 0.1) is 25.1 Å². The van der Waals surface area contributed by atoms with E-state index in [4.69, 9.17) is 0 Å². The lowest BCUT2D eigenvalue weighted by Gasteiger charge is -2.07. The number of fused-ring (bicyclic) bond motifs is 1. The molecule has 0 saturated carbocycles. The van der Waals surface area contributed by atoms with Crippen LogP contribution in [-0.4, -0.2) is 29.2 Å². The summed E-state index contributed by atoms with van der Waals surface area (Å²) in [6, 6.07) is 11.8. The fraction of sp³-hybridized carbons (Fsp3) is 0.0588. The van der Waals surface area contributed by atoms with Crippen LogP contribution >= 0.6 is 0 Å². The molecule has 1 amide bonds. The van der Waals surface area contributed by atoms with Gasteiger partial charge >= 0.3 is 5.97 Å².